The monoisotopic (exact) mass is 396 g/mol. The van der Waals surface area contributed by atoms with Crippen molar-refractivity contribution in [1.29, 1.82) is 0 Å². The molecule has 0 radical (unpaired) electrons. The van der Waals surface area contributed by atoms with E-state index in [1.807, 2.05) is 26.8 Å². The molecule has 4 heterocycles. The van der Waals surface area contributed by atoms with E-state index in [4.69, 9.17) is 4.98 Å². The summed E-state index contributed by atoms with van der Waals surface area (Å²) >= 11 is 0. The second kappa shape index (κ2) is 7.93. The van der Waals surface area contributed by atoms with Crippen LogP contribution in [0.4, 0.5) is 0 Å². The quantitative estimate of drug-likeness (QED) is 0.790. The number of nitrogens with zero attached hydrogens (tertiary/aromatic N) is 6. The number of hydrogen-bond acceptors (Lipinski definition) is 5. The Kier molecular flexibility index (Phi) is 5.34. The fourth-order valence-corrected chi connectivity index (χ4v) is 4.32. The van der Waals surface area contributed by atoms with Crippen LogP contribution >= 0.6 is 0 Å². The summed E-state index contributed by atoms with van der Waals surface area (Å²) in [4.78, 5) is 42.1. The van der Waals surface area contributed by atoms with Gasteiger partial charge in [-0.15, -0.1) is 0 Å². The minimum atomic E-state index is -0.0202. The standard InChI is InChI=1S/C21H28N6O2/c1-14(2)21-22-7-10-26(21)13-19(29)25-9-6-17-16(12-25)11-23-20(24-17)18-5-4-8-27(18)15(3)28/h7,10-11,14,18H,4-6,8-9,12-13H2,1-3H3. The number of fused-ring (bicyclic) bond motifs is 1. The molecular weight excluding hydrogens is 368 g/mol. The molecule has 2 aliphatic rings. The number of carbonyl (C=O) groups excluding carboxylic acids is 2. The van der Waals surface area contributed by atoms with Crippen LogP contribution in [0.2, 0.25) is 0 Å². The lowest BCUT2D eigenvalue weighted by atomic mass is 10.1. The first-order chi connectivity index (χ1) is 13.9. The first-order valence-electron chi connectivity index (χ1n) is 10.3. The average molecular weight is 396 g/mol. The van der Waals surface area contributed by atoms with Gasteiger partial charge in [0.15, 0.2) is 5.82 Å². The average Bonchev–Trinajstić information content (AvgIpc) is 3.36. The normalized spacial score (nSPS) is 19.0. The molecule has 0 aliphatic carbocycles. The highest BCUT2D eigenvalue weighted by Crippen LogP contribution is 2.30. The van der Waals surface area contributed by atoms with Crippen LogP contribution < -0.4 is 0 Å². The highest BCUT2D eigenvalue weighted by Gasteiger charge is 2.31. The zero-order valence-electron chi connectivity index (χ0n) is 17.3. The molecule has 1 saturated heterocycles. The Morgan fingerprint density at radius 1 is 1.24 bits per heavy atom. The molecule has 0 saturated carbocycles. The molecule has 0 aromatic carbocycles. The van der Waals surface area contributed by atoms with Gasteiger partial charge in [0, 0.05) is 63.1 Å². The molecule has 8 nitrogen and oxygen atoms in total. The van der Waals surface area contributed by atoms with Crippen LogP contribution in [0.25, 0.3) is 0 Å². The Hall–Kier alpha value is -2.77. The van der Waals surface area contributed by atoms with Gasteiger partial charge in [0.25, 0.3) is 0 Å². The van der Waals surface area contributed by atoms with Gasteiger partial charge in [0.05, 0.1) is 11.7 Å². The molecule has 8 heteroatoms. The van der Waals surface area contributed by atoms with Crippen LogP contribution in [0.3, 0.4) is 0 Å². The van der Waals surface area contributed by atoms with E-state index in [0.29, 0.717) is 26.1 Å². The van der Waals surface area contributed by atoms with Crippen molar-refractivity contribution >= 4 is 11.8 Å². The van der Waals surface area contributed by atoms with Crippen molar-refractivity contribution in [2.75, 3.05) is 13.1 Å². The van der Waals surface area contributed by atoms with Crippen molar-refractivity contribution in [1.82, 2.24) is 29.3 Å². The topological polar surface area (TPSA) is 84.2 Å². The minimum Gasteiger partial charge on any atom is -0.336 e. The Bertz CT molecular complexity index is 922. The fraction of sp³-hybridized carbons (Fsp3) is 0.571. The lowest BCUT2D eigenvalue weighted by Gasteiger charge is -2.29. The molecule has 4 rings (SSSR count). The van der Waals surface area contributed by atoms with Crippen LogP contribution in [0.15, 0.2) is 18.6 Å². The molecule has 0 bridgehead atoms. The van der Waals surface area contributed by atoms with Gasteiger partial charge >= 0.3 is 0 Å². The summed E-state index contributed by atoms with van der Waals surface area (Å²) in [7, 11) is 0. The number of rotatable bonds is 4. The van der Waals surface area contributed by atoms with E-state index in [1.165, 1.54) is 0 Å². The first kappa shape index (κ1) is 19.5. The second-order valence-corrected chi connectivity index (χ2v) is 8.20. The van der Waals surface area contributed by atoms with Gasteiger partial charge in [-0.25, -0.2) is 15.0 Å². The van der Waals surface area contributed by atoms with Crippen LogP contribution in [0.1, 0.15) is 68.5 Å². The summed E-state index contributed by atoms with van der Waals surface area (Å²) in [6.07, 6.45) is 8.06. The lowest BCUT2D eigenvalue weighted by molar-refractivity contribution is -0.133. The summed E-state index contributed by atoms with van der Waals surface area (Å²) in [6, 6.07) is -0.0202. The third-order valence-corrected chi connectivity index (χ3v) is 5.83. The van der Waals surface area contributed by atoms with E-state index in [9.17, 15) is 9.59 Å². The highest BCUT2D eigenvalue weighted by molar-refractivity contribution is 5.76. The van der Waals surface area contributed by atoms with E-state index in [-0.39, 0.29) is 23.8 Å². The van der Waals surface area contributed by atoms with Gasteiger partial charge in [-0.3, -0.25) is 9.59 Å². The predicted molar refractivity (Wildman–Crippen MR) is 107 cm³/mol. The third-order valence-electron chi connectivity index (χ3n) is 5.83. The Morgan fingerprint density at radius 3 is 2.83 bits per heavy atom. The van der Waals surface area contributed by atoms with Crippen LogP contribution in [0, 0.1) is 0 Å². The highest BCUT2D eigenvalue weighted by atomic mass is 16.2. The molecule has 0 spiro atoms. The smallest absolute Gasteiger partial charge is 0.242 e. The van der Waals surface area contributed by atoms with E-state index < -0.39 is 0 Å². The molecule has 0 N–H and O–H groups in total. The number of hydrogen-bond donors (Lipinski definition) is 0. The van der Waals surface area contributed by atoms with Gasteiger partial charge in [-0.1, -0.05) is 13.8 Å². The Labute approximate surface area is 171 Å². The van der Waals surface area contributed by atoms with Crippen LogP contribution in [-0.2, 0) is 29.1 Å². The van der Waals surface area contributed by atoms with Gasteiger partial charge < -0.3 is 14.4 Å². The molecule has 154 valence electrons. The molecule has 29 heavy (non-hydrogen) atoms. The maximum Gasteiger partial charge on any atom is 0.242 e. The summed E-state index contributed by atoms with van der Waals surface area (Å²) in [5.41, 5.74) is 2.00. The van der Waals surface area contributed by atoms with E-state index >= 15 is 0 Å². The molecule has 1 fully saturated rings. The first-order valence-corrected chi connectivity index (χ1v) is 10.3. The maximum absolute atomic E-state index is 12.8. The van der Waals surface area contributed by atoms with Crippen molar-refractivity contribution in [3.63, 3.8) is 0 Å². The fourth-order valence-electron chi connectivity index (χ4n) is 4.32. The molecule has 1 unspecified atom stereocenters. The predicted octanol–water partition coefficient (Wildman–Crippen LogP) is 2.06. The minimum absolute atomic E-state index is 0.0202. The summed E-state index contributed by atoms with van der Waals surface area (Å²) in [5.74, 6) is 2.09. The van der Waals surface area contributed by atoms with E-state index in [0.717, 1.165) is 42.3 Å². The summed E-state index contributed by atoms with van der Waals surface area (Å²) in [6.45, 7) is 8.01. The second-order valence-electron chi connectivity index (χ2n) is 8.20. The zero-order chi connectivity index (χ0) is 20.5. The van der Waals surface area contributed by atoms with Crippen molar-refractivity contribution in [2.24, 2.45) is 0 Å². The number of imidazole rings is 1. The number of amides is 2. The molecule has 2 amide bonds. The summed E-state index contributed by atoms with van der Waals surface area (Å²) < 4.78 is 1.93. The van der Waals surface area contributed by atoms with Gasteiger partial charge in [-0.05, 0) is 12.8 Å². The Morgan fingerprint density at radius 2 is 2.07 bits per heavy atom. The number of likely N-dealkylation sites (tertiary alicyclic amines) is 1. The maximum atomic E-state index is 12.8. The van der Waals surface area contributed by atoms with Crippen LogP contribution in [-0.4, -0.2) is 54.2 Å². The lowest BCUT2D eigenvalue weighted by Crippen LogP contribution is -2.39. The summed E-state index contributed by atoms with van der Waals surface area (Å²) in [5, 5.41) is 0. The largest absolute Gasteiger partial charge is 0.336 e. The van der Waals surface area contributed by atoms with Gasteiger partial charge in [0.2, 0.25) is 11.8 Å². The third kappa shape index (κ3) is 3.88. The van der Waals surface area contributed by atoms with Crippen molar-refractivity contribution in [2.45, 2.75) is 65.1 Å². The van der Waals surface area contributed by atoms with Gasteiger partial charge in [-0.2, -0.15) is 0 Å². The van der Waals surface area contributed by atoms with E-state index in [1.54, 1.807) is 13.1 Å². The molecule has 2 aromatic rings. The van der Waals surface area contributed by atoms with Crippen molar-refractivity contribution in [3.05, 3.63) is 41.5 Å². The SMILES string of the molecule is CC(=O)N1CCCC1c1ncc2c(n1)CCN(C(=O)Cn1ccnc1C(C)C)C2. The molecule has 2 aromatic heterocycles. The number of carbonyl (C=O) groups is 2. The number of aromatic nitrogens is 4. The molecule has 2 aliphatic heterocycles. The van der Waals surface area contributed by atoms with E-state index in [2.05, 4.69) is 23.8 Å². The zero-order valence-corrected chi connectivity index (χ0v) is 17.3. The van der Waals surface area contributed by atoms with Crippen molar-refractivity contribution < 1.29 is 9.59 Å². The Balaban J connectivity index is 1.46. The van der Waals surface area contributed by atoms with Gasteiger partial charge in [0.1, 0.15) is 12.4 Å². The van der Waals surface area contributed by atoms with Crippen molar-refractivity contribution in [3.8, 4) is 0 Å². The van der Waals surface area contributed by atoms with Crippen LogP contribution in [0.5, 0.6) is 0 Å². The molecular formula is C21H28N6O2. The molecule has 1 atom stereocenters.